The van der Waals surface area contributed by atoms with Crippen LogP contribution in [0.1, 0.15) is 29.8 Å². The molecule has 2 aliphatic heterocycles. The van der Waals surface area contributed by atoms with Crippen LogP contribution in [0.5, 0.6) is 0 Å². The normalized spacial score (nSPS) is 29.7. The van der Waals surface area contributed by atoms with Crippen LogP contribution in [0, 0.1) is 10.9 Å². The molecule has 0 aliphatic carbocycles. The van der Waals surface area contributed by atoms with Crippen molar-refractivity contribution in [2.75, 3.05) is 0 Å². The number of fused-ring (bicyclic) bond motifs is 2. The quantitative estimate of drug-likeness (QED) is 0.836. The van der Waals surface area contributed by atoms with Gasteiger partial charge in [-0.2, -0.15) is 0 Å². The molecule has 98 valence electrons. The van der Waals surface area contributed by atoms with Crippen LogP contribution in [0.4, 0.5) is 0 Å². The van der Waals surface area contributed by atoms with E-state index in [0.29, 0.717) is 12.5 Å². The van der Waals surface area contributed by atoms with Crippen molar-refractivity contribution in [1.29, 1.82) is 0 Å². The van der Waals surface area contributed by atoms with Gasteiger partial charge in [0.1, 0.15) is 0 Å². The van der Waals surface area contributed by atoms with E-state index >= 15 is 0 Å². The van der Waals surface area contributed by atoms with Crippen molar-refractivity contribution >= 4 is 29.5 Å². The molecule has 0 spiro atoms. The average molecular weight is 284 g/mol. The minimum absolute atomic E-state index is 0.0736. The highest BCUT2D eigenvalue weighted by molar-refractivity contribution is 7.73. The van der Waals surface area contributed by atoms with Crippen LogP contribution in [-0.4, -0.2) is 29.1 Å². The maximum absolute atomic E-state index is 12.0. The first-order valence-corrected chi connectivity index (χ1v) is 7.47. The third-order valence-electron chi connectivity index (χ3n) is 3.70. The highest BCUT2D eigenvalue weighted by Crippen LogP contribution is 2.34. The number of amides is 1. The van der Waals surface area contributed by atoms with Crippen LogP contribution in [0.15, 0.2) is 0 Å². The second-order valence-corrected chi connectivity index (χ2v) is 6.79. The number of ether oxygens (including phenoxy) is 1. The van der Waals surface area contributed by atoms with Gasteiger partial charge in [0.25, 0.3) is 0 Å². The summed E-state index contributed by atoms with van der Waals surface area (Å²) >= 11 is 6.55. The lowest BCUT2D eigenvalue weighted by molar-refractivity contribution is -0.121. The number of aromatic nitrogens is 1. The Morgan fingerprint density at radius 2 is 2.44 bits per heavy atom. The summed E-state index contributed by atoms with van der Waals surface area (Å²) < 4.78 is 6.46. The van der Waals surface area contributed by atoms with E-state index in [1.165, 1.54) is 11.3 Å². The van der Waals surface area contributed by atoms with Gasteiger partial charge in [0.05, 0.1) is 24.7 Å². The van der Waals surface area contributed by atoms with Gasteiger partial charge in [-0.05, 0) is 38.4 Å². The standard InChI is InChI=1S/C12H16N2O2S2/c1-6-10(18-12(17)13-6)5-11(15)14-8-4-7-2-3-9(8)16-7/h7-9H,2-5H2,1H3,(H,13,17)(H,14,15)/t7-,8+,9-/m1/s1. The molecule has 2 N–H and O–H groups in total. The highest BCUT2D eigenvalue weighted by atomic mass is 32.1. The molecule has 2 aliphatic rings. The van der Waals surface area contributed by atoms with Crippen molar-refractivity contribution in [1.82, 2.24) is 10.3 Å². The summed E-state index contributed by atoms with van der Waals surface area (Å²) in [7, 11) is 0. The Morgan fingerprint density at radius 1 is 1.61 bits per heavy atom. The first kappa shape index (κ1) is 12.3. The first-order valence-electron chi connectivity index (χ1n) is 6.25. The molecule has 3 rings (SSSR count). The molecule has 3 heterocycles. The van der Waals surface area contributed by atoms with Crippen molar-refractivity contribution in [2.45, 2.75) is 50.9 Å². The highest BCUT2D eigenvalue weighted by Gasteiger charge is 2.41. The van der Waals surface area contributed by atoms with E-state index < -0.39 is 0 Å². The SMILES string of the molecule is Cc1[nH]c(=S)sc1CC(=O)N[C@H]1C[C@H]2CC[C@H]1O2. The Kier molecular flexibility index (Phi) is 3.25. The minimum Gasteiger partial charge on any atom is -0.373 e. The number of thiazole rings is 1. The number of aryl methyl sites for hydroxylation is 1. The molecular formula is C12H16N2O2S2. The molecule has 0 saturated carbocycles. The Bertz CT molecular complexity index is 522. The van der Waals surface area contributed by atoms with Gasteiger partial charge in [-0.25, -0.2) is 0 Å². The molecule has 1 aromatic rings. The van der Waals surface area contributed by atoms with E-state index in [2.05, 4.69) is 10.3 Å². The van der Waals surface area contributed by atoms with Crippen molar-refractivity contribution in [3.8, 4) is 0 Å². The van der Waals surface area contributed by atoms with E-state index in [-0.39, 0.29) is 18.1 Å². The fourth-order valence-electron chi connectivity index (χ4n) is 2.80. The molecule has 2 saturated heterocycles. The summed E-state index contributed by atoms with van der Waals surface area (Å²) in [6.07, 6.45) is 4.23. The topological polar surface area (TPSA) is 54.1 Å². The molecule has 4 nitrogen and oxygen atoms in total. The number of carbonyl (C=O) groups is 1. The van der Waals surface area contributed by atoms with Gasteiger partial charge in [0.15, 0.2) is 3.95 Å². The number of aromatic amines is 1. The zero-order valence-electron chi connectivity index (χ0n) is 10.2. The fraction of sp³-hybridized carbons (Fsp3) is 0.667. The second-order valence-electron chi connectivity index (χ2n) is 5.02. The van der Waals surface area contributed by atoms with Crippen LogP contribution in [-0.2, 0) is 16.0 Å². The fourth-order valence-corrected chi connectivity index (χ4v) is 4.09. The van der Waals surface area contributed by atoms with E-state index in [9.17, 15) is 4.79 Å². The van der Waals surface area contributed by atoms with Crippen LogP contribution in [0.3, 0.4) is 0 Å². The summed E-state index contributed by atoms with van der Waals surface area (Å²) in [6.45, 7) is 1.95. The summed E-state index contributed by atoms with van der Waals surface area (Å²) in [5.74, 6) is 0.0736. The monoisotopic (exact) mass is 284 g/mol. The number of hydrogen-bond donors (Lipinski definition) is 2. The van der Waals surface area contributed by atoms with Crippen LogP contribution in [0.2, 0.25) is 0 Å². The van der Waals surface area contributed by atoms with Crippen LogP contribution >= 0.6 is 23.6 Å². The van der Waals surface area contributed by atoms with Crippen LogP contribution < -0.4 is 5.32 Å². The average Bonchev–Trinajstić information content (AvgIpc) is 2.95. The number of H-pyrrole nitrogens is 1. The Hall–Kier alpha value is -0.720. The summed E-state index contributed by atoms with van der Waals surface area (Å²) in [5.41, 5.74) is 1.00. The number of nitrogens with one attached hydrogen (secondary N) is 2. The molecule has 0 unspecified atom stereocenters. The van der Waals surface area contributed by atoms with Crippen molar-refractivity contribution in [3.05, 3.63) is 14.5 Å². The van der Waals surface area contributed by atoms with Gasteiger partial charge in [-0.3, -0.25) is 4.79 Å². The Morgan fingerprint density at radius 3 is 3.00 bits per heavy atom. The molecule has 6 heteroatoms. The third-order valence-corrected chi connectivity index (χ3v) is 5.03. The smallest absolute Gasteiger partial charge is 0.225 e. The molecule has 1 amide bonds. The molecule has 0 radical (unpaired) electrons. The zero-order valence-corrected chi connectivity index (χ0v) is 11.8. The lowest BCUT2D eigenvalue weighted by Gasteiger charge is -2.19. The molecule has 2 bridgehead atoms. The Labute approximate surface area is 115 Å². The summed E-state index contributed by atoms with van der Waals surface area (Å²) in [5, 5.41) is 3.09. The van der Waals surface area contributed by atoms with Gasteiger partial charge >= 0.3 is 0 Å². The van der Waals surface area contributed by atoms with Crippen LogP contribution in [0.25, 0.3) is 0 Å². The molecule has 0 aromatic carbocycles. The van der Waals surface area contributed by atoms with Crippen molar-refractivity contribution in [2.24, 2.45) is 0 Å². The summed E-state index contributed by atoms with van der Waals surface area (Å²) in [6, 6.07) is 0.212. The maximum Gasteiger partial charge on any atom is 0.225 e. The summed E-state index contributed by atoms with van der Waals surface area (Å²) in [4.78, 5) is 16.1. The lowest BCUT2D eigenvalue weighted by Crippen LogP contribution is -2.42. The van der Waals surface area contributed by atoms with E-state index in [1.54, 1.807) is 0 Å². The number of rotatable bonds is 3. The Balaban J connectivity index is 1.59. The largest absolute Gasteiger partial charge is 0.373 e. The van der Waals surface area contributed by atoms with E-state index in [0.717, 1.165) is 33.8 Å². The predicted molar refractivity (Wildman–Crippen MR) is 72.4 cm³/mol. The van der Waals surface area contributed by atoms with Gasteiger partial charge in [0.2, 0.25) is 5.91 Å². The van der Waals surface area contributed by atoms with Gasteiger partial charge < -0.3 is 15.0 Å². The molecule has 2 fully saturated rings. The molecule has 3 atom stereocenters. The van der Waals surface area contributed by atoms with Crippen molar-refractivity contribution < 1.29 is 9.53 Å². The van der Waals surface area contributed by atoms with Gasteiger partial charge in [0, 0.05) is 10.6 Å². The van der Waals surface area contributed by atoms with Crippen molar-refractivity contribution in [3.63, 3.8) is 0 Å². The number of hydrogen-bond acceptors (Lipinski definition) is 4. The molecule has 1 aromatic heterocycles. The molecule has 18 heavy (non-hydrogen) atoms. The number of carbonyl (C=O) groups excluding carboxylic acids is 1. The maximum atomic E-state index is 12.0. The minimum atomic E-state index is 0.0736. The van der Waals surface area contributed by atoms with Gasteiger partial charge in [-0.1, -0.05) is 0 Å². The second kappa shape index (κ2) is 4.75. The predicted octanol–water partition coefficient (Wildman–Crippen LogP) is 2.09. The van der Waals surface area contributed by atoms with E-state index in [4.69, 9.17) is 17.0 Å². The zero-order chi connectivity index (χ0) is 12.7. The van der Waals surface area contributed by atoms with Gasteiger partial charge in [-0.15, -0.1) is 11.3 Å². The first-order chi connectivity index (χ1) is 8.61. The molecular weight excluding hydrogens is 268 g/mol. The third kappa shape index (κ3) is 2.37. The van der Waals surface area contributed by atoms with E-state index in [1.807, 2.05) is 6.92 Å². The lowest BCUT2D eigenvalue weighted by atomic mass is 9.95.